The molecule has 140 valence electrons. The van der Waals surface area contributed by atoms with Crippen LogP contribution in [-0.2, 0) is 27.5 Å². The fourth-order valence-corrected chi connectivity index (χ4v) is 3.09. The van der Waals surface area contributed by atoms with Crippen LogP contribution in [0.4, 0.5) is 4.39 Å². The molecule has 2 aromatic carbocycles. The molecule has 7 heteroatoms. The number of benzene rings is 2. The maximum Gasteiger partial charge on any atom is 0.182 e. The van der Waals surface area contributed by atoms with E-state index < -0.39 is 17.1 Å². The molecule has 2 rings (SSSR count). The van der Waals surface area contributed by atoms with Gasteiger partial charge < -0.3 is 14.3 Å². The van der Waals surface area contributed by atoms with Crippen molar-refractivity contribution in [2.75, 3.05) is 6.61 Å². The van der Waals surface area contributed by atoms with Crippen molar-refractivity contribution >= 4 is 45.4 Å². The second kappa shape index (κ2) is 11.0. The lowest BCUT2D eigenvalue weighted by molar-refractivity contribution is -0.118. The average molecular weight is 464 g/mol. The molecule has 3 atom stereocenters. The minimum Gasteiger partial charge on any atom is -0.376 e. The fraction of sp³-hybridized carbons (Fsp3) is 0.316. The van der Waals surface area contributed by atoms with Crippen LogP contribution in [-0.4, -0.2) is 30.0 Å². The summed E-state index contributed by atoms with van der Waals surface area (Å²) < 4.78 is 25.2. The predicted molar refractivity (Wildman–Crippen MR) is 105 cm³/mol. The molecule has 0 aromatic heterocycles. The van der Waals surface area contributed by atoms with Gasteiger partial charge in [0.05, 0.1) is 24.6 Å². The minimum absolute atomic E-state index is 0.162. The molecule has 3 nitrogen and oxygen atoms in total. The number of alkyl halides is 2. The largest absolute Gasteiger partial charge is 0.376 e. The topological polar surface area (TPSA) is 35.5 Å². The van der Waals surface area contributed by atoms with E-state index in [2.05, 4.69) is 15.9 Å². The van der Waals surface area contributed by atoms with Gasteiger partial charge in [-0.25, -0.2) is 4.39 Å². The summed E-state index contributed by atoms with van der Waals surface area (Å²) in [5.74, 6) is 0. The Morgan fingerprint density at radius 2 is 1.46 bits per heavy atom. The maximum atomic E-state index is 14.0. The monoisotopic (exact) mass is 462 g/mol. The van der Waals surface area contributed by atoms with Gasteiger partial charge in [-0.15, -0.1) is 0 Å². The zero-order valence-corrected chi connectivity index (χ0v) is 16.9. The van der Waals surface area contributed by atoms with Crippen LogP contribution in [0.15, 0.2) is 48.5 Å². The van der Waals surface area contributed by atoms with Gasteiger partial charge in [-0.05, 0) is 35.4 Å². The highest BCUT2D eigenvalue weighted by molar-refractivity contribution is 9.09. The highest BCUT2D eigenvalue weighted by atomic mass is 79.9. The fourth-order valence-electron chi connectivity index (χ4n) is 2.21. The molecule has 0 aliphatic rings. The van der Waals surface area contributed by atoms with Crippen LogP contribution in [0, 0.1) is 0 Å². The Kier molecular flexibility index (Phi) is 9.02. The number of rotatable bonds is 10. The van der Waals surface area contributed by atoms with Crippen molar-refractivity contribution < 1.29 is 18.7 Å². The highest BCUT2D eigenvalue weighted by Gasteiger charge is 2.29. The van der Waals surface area contributed by atoms with E-state index in [4.69, 9.17) is 32.7 Å². The molecule has 0 heterocycles. The smallest absolute Gasteiger partial charge is 0.182 e. The average Bonchev–Trinajstić information content (AvgIpc) is 2.64. The Morgan fingerprint density at radius 1 is 0.962 bits per heavy atom. The van der Waals surface area contributed by atoms with Gasteiger partial charge in [0.1, 0.15) is 6.10 Å². The SMILES string of the molecule is O=C[C@@H](F)[C@H](OCc1ccc(Cl)cc1)[C@@H](Br)COCc1ccc(Cl)cc1. The van der Waals surface area contributed by atoms with E-state index in [1.54, 1.807) is 36.4 Å². The summed E-state index contributed by atoms with van der Waals surface area (Å²) in [7, 11) is 0. The molecule has 0 spiro atoms. The highest BCUT2D eigenvalue weighted by Crippen LogP contribution is 2.19. The number of hydrogen-bond acceptors (Lipinski definition) is 3. The Hall–Kier alpha value is -0.980. The van der Waals surface area contributed by atoms with E-state index in [1.165, 1.54) is 0 Å². The summed E-state index contributed by atoms with van der Waals surface area (Å²) in [6.07, 6.45) is -2.49. The Balaban J connectivity index is 1.86. The van der Waals surface area contributed by atoms with E-state index in [0.717, 1.165) is 11.1 Å². The van der Waals surface area contributed by atoms with Gasteiger partial charge in [0.15, 0.2) is 12.5 Å². The van der Waals surface area contributed by atoms with Gasteiger partial charge >= 0.3 is 0 Å². The number of hydrogen-bond donors (Lipinski definition) is 0. The van der Waals surface area contributed by atoms with Gasteiger partial charge in [-0.2, -0.15) is 0 Å². The molecule has 0 bridgehead atoms. The van der Waals surface area contributed by atoms with Crippen molar-refractivity contribution in [2.24, 2.45) is 0 Å². The molecule has 0 N–H and O–H groups in total. The van der Waals surface area contributed by atoms with Crippen LogP contribution in [0.25, 0.3) is 0 Å². The Morgan fingerprint density at radius 3 is 1.96 bits per heavy atom. The van der Waals surface area contributed by atoms with E-state index in [0.29, 0.717) is 16.7 Å². The lowest BCUT2D eigenvalue weighted by Gasteiger charge is -2.23. The zero-order valence-electron chi connectivity index (χ0n) is 13.8. The summed E-state index contributed by atoms with van der Waals surface area (Å²) in [5.41, 5.74) is 1.78. The molecule has 0 radical (unpaired) electrons. The quantitative estimate of drug-likeness (QED) is 0.349. The van der Waals surface area contributed by atoms with Gasteiger partial charge in [0.2, 0.25) is 0 Å². The third-order valence-corrected chi connectivity index (χ3v) is 4.90. The molecular formula is C19H18BrCl2FO3. The lowest BCUT2D eigenvalue weighted by Crippen LogP contribution is -2.37. The van der Waals surface area contributed by atoms with Gasteiger partial charge in [0, 0.05) is 10.0 Å². The molecule has 0 saturated carbocycles. The van der Waals surface area contributed by atoms with Crippen molar-refractivity contribution in [3.63, 3.8) is 0 Å². The van der Waals surface area contributed by atoms with Crippen molar-refractivity contribution in [1.29, 1.82) is 0 Å². The first-order valence-corrected chi connectivity index (χ1v) is 9.58. The van der Waals surface area contributed by atoms with Crippen molar-refractivity contribution in [2.45, 2.75) is 30.3 Å². The van der Waals surface area contributed by atoms with E-state index in [-0.39, 0.29) is 19.5 Å². The van der Waals surface area contributed by atoms with Crippen LogP contribution in [0.1, 0.15) is 11.1 Å². The summed E-state index contributed by atoms with van der Waals surface area (Å²) in [6.45, 7) is 0.693. The molecule has 0 saturated heterocycles. The summed E-state index contributed by atoms with van der Waals surface area (Å²) in [6, 6.07) is 14.3. The maximum absolute atomic E-state index is 14.0. The minimum atomic E-state index is -1.76. The number of carbonyl (C=O) groups excluding carboxylic acids is 1. The van der Waals surface area contributed by atoms with Crippen molar-refractivity contribution in [3.8, 4) is 0 Å². The van der Waals surface area contributed by atoms with Gasteiger partial charge in [-0.1, -0.05) is 63.4 Å². The molecule has 0 unspecified atom stereocenters. The molecule has 2 aromatic rings. The molecule has 0 aliphatic carbocycles. The third-order valence-electron chi connectivity index (χ3n) is 3.62. The molecule has 0 amide bonds. The van der Waals surface area contributed by atoms with Crippen LogP contribution < -0.4 is 0 Å². The first kappa shape index (κ1) is 21.3. The van der Waals surface area contributed by atoms with E-state index in [1.807, 2.05) is 12.1 Å². The van der Waals surface area contributed by atoms with Crippen molar-refractivity contribution in [3.05, 3.63) is 69.7 Å². The summed E-state index contributed by atoms with van der Waals surface area (Å²) in [4.78, 5) is 10.4. The number of aldehydes is 1. The lowest BCUT2D eigenvalue weighted by atomic mass is 10.1. The van der Waals surface area contributed by atoms with Crippen LogP contribution in [0.3, 0.4) is 0 Å². The number of halogens is 4. The Labute approximate surface area is 170 Å². The van der Waals surface area contributed by atoms with Crippen LogP contribution in [0.5, 0.6) is 0 Å². The second-order valence-corrected chi connectivity index (χ2v) is 7.69. The molecular weight excluding hydrogens is 446 g/mol. The zero-order chi connectivity index (χ0) is 18.9. The third kappa shape index (κ3) is 6.97. The molecule has 0 fully saturated rings. The normalized spacial score (nSPS) is 14.6. The molecule has 26 heavy (non-hydrogen) atoms. The van der Waals surface area contributed by atoms with E-state index >= 15 is 0 Å². The van der Waals surface area contributed by atoms with Crippen molar-refractivity contribution in [1.82, 2.24) is 0 Å². The standard InChI is InChI=1S/C19H18BrCl2FO3/c20-17(12-25-10-13-1-5-15(21)6-2-13)19(18(23)9-24)26-11-14-3-7-16(22)8-4-14/h1-9,17-19H,10-12H2/t17-,18+,19+/m0/s1. The van der Waals surface area contributed by atoms with Gasteiger partial charge in [0.25, 0.3) is 0 Å². The number of ether oxygens (including phenoxy) is 2. The second-order valence-electron chi connectivity index (χ2n) is 5.64. The number of carbonyl (C=O) groups is 1. The van der Waals surface area contributed by atoms with E-state index in [9.17, 15) is 9.18 Å². The first-order chi connectivity index (χ1) is 12.5. The van der Waals surface area contributed by atoms with Crippen LogP contribution >= 0.6 is 39.1 Å². The Bertz CT molecular complexity index is 682. The summed E-state index contributed by atoms with van der Waals surface area (Å²) in [5, 5.41) is 1.25. The van der Waals surface area contributed by atoms with Crippen LogP contribution in [0.2, 0.25) is 10.0 Å². The predicted octanol–water partition coefficient (Wildman–Crippen LogP) is 5.40. The summed E-state index contributed by atoms with van der Waals surface area (Å²) >= 11 is 15.0. The molecule has 0 aliphatic heterocycles. The van der Waals surface area contributed by atoms with Gasteiger partial charge in [-0.3, -0.25) is 0 Å². The first-order valence-electron chi connectivity index (χ1n) is 7.91.